The molecular formula is C109H164Cl4ILiN10O11S3. The summed E-state index contributed by atoms with van der Waals surface area (Å²) in [6.45, 7) is 62.3. The molecule has 3 aromatic heterocycles. The van der Waals surface area contributed by atoms with Crippen molar-refractivity contribution in [3.63, 3.8) is 0 Å². The van der Waals surface area contributed by atoms with E-state index < -0.39 is 6.10 Å². The zero-order chi connectivity index (χ0) is 105. The van der Waals surface area contributed by atoms with Crippen LogP contribution in [0.1, 0.15) is 299 Å². The van der Waals surface area contributed by atoms with Crippen LogP contribution >= 0.6 is 105 Å². The number of carbonyl (C=O) groups excluding carboxylic acids is 2. The maximum atomic E-state index is 10.9. The van der Waals surface area contributed by atoms with Gasteiger partial charge in [-0.25, -0.2) is 29.9 Å². The Labute approximate surface area is 896 Å². The number of hydrogen-bond acceptors (Lipinski definition) is 24. The SMILES string of the molecule is CC(C)C(N)C(C)C.CCN.COc1cc(C(O)c2cnc(SC)nc2Cl)c(C(C)C)cc1C.COc1cc(C=NC(C(C)C)C(C)C)c(C(C)C)cc1C.COc1cc(C=NC(C(C)C)C(C)C)c(OC)cc1C.COc1cc(C=O)c(C(C)C)cc1C.COc1cc(C=O)c(OC)cc1C.COc1cc(Cc2cnc(SC)nc2Cl)c(C(C)C)cc1C.CSc1ncc(I)c(Cl)n1.C[CH-]C.Cl.[Li+]. The van der Waals surface area contributed by atoms with Gasteiger partial charge in [-0.3, -0.25) is 19.6 Å². The van der Waals surface area contributed by atoms with Crippen LogP contribution in [0, 0.1) is 87.0 Å². The van der Waals surface area contributed by atoms with Crippen LogP contribution in [0.25, 0.3) is 0 Å². The molecule has 5 N–H and O–H groups in total. The molecule has 9 aromatic rings. The van der Waals surface area contributed by atoms with Crippen molar-refractivity contribution in [2.45, 2.75) is 271 Å². The topological polar surface area (TPSA) is 282 Å². The number of carbonyl (C=O) groups is 2. The quantitative estimate of drug-likeness (QED) is 0.00532. The Kier molecular flexibility index (Phi) is 70.9. The Morgan fingerprint density at radius 2 is 0.691 bits per heavy atom. The summed E-state index contributed by atoms with van der Waals surface area (Å²) in [4.78, 5) is 56.2. The average molecular weight is 2160 g/mol. The van der Waals surface area contributed by atoms with Gasteiger partial charge in [0.05, 0.1) is 78.1 Å². The van der Waals surface area contributed by atoms with E-state index in [9.17, 15) is 14.7 Å². The molecular weight excluding hydrogens is 2000 g/mol. The van der Waals surface area contributed by atoms with Gasteiger partial charge in [0.15, 0.2) is 21.8 Å². The third-order valence-corrected chi connectivity index (χ3v) is 25.2. The summed E-state index contributed by atoms with van der Waals surface area (Å²) in [5, 5.41) is 14.2. The summed E-state index contributed by atoms with van der Waals surface area (Å²) in [5.41, 5.74) is 28.6. The molecule has 3 heterocycles. The Bertz CT molecular complexity index is 5120. The number of aliphatic imine (C=N–C) groups is 2. The van der Waals surface area contributed by atoms with Gasteiger partial charge in [0.2, 0.25) is 0 Å². The summed E-state index contributed by atoms with van der Waals surface area (Å²) in [6, 6.07) is 24.8. The third-order valence-electron chi connectivity index (χ3n) is 21.5. The van der Waals surface area contributed by atoms with E-state index in [4.69, 9.17) is 94.1 Å². The van der Waals surface area contributed by atoms with E-state index in [0.717, 1.165) is 118 Å². The molecule has 1 unspecified atom stereocenters. The van der Waals surface area contributed by atoms with Gasteiger partial charge in [-0.15, -0.1) is 12.4 Å². The summed E-state index contributed by atoms with van der Waals surface area (Å²) in [7, 11) is 13.1. The molecule has 9 rings (SSSR count). The summed E-state index contributed by atoms with van der Waals surface area (Å²) < 4.78 is 43.3. The van der Waals surface area contributed by atoms with Crippen LogP contribution in [0.3, 0.4) is 0 Å². The van der Waals surface area contributed by atoms with E-state index in [2.05, 4.69) is 229 Å². The molecule has 0 saturated heterocycles. The number of ether oxygens (including phenoxy) is 8. The first-order valence-electron chi connectivity index (χ1n) is 46.3. The molecule has 21 nitrogen and oxygen atoms in total. The fraction of sp³-hybridized carbons (Fsp3) is 0.514. The number of halogens is 5. The predicted octanol–water partition coefficient (Wildman–Crippen LogP) is 26.1. The van der Waals surface area contributed by atoms with Gasteiger partial charge >= 0.3 is 18.9 Å². The first kappa shape index (κ1) is 136. The fourth-order valence-electron chi connectivity index (χ4n) is 14.2. The average Bonchev–Trinajstić information content (AvgIpc) is 0.782. The van der Waals surface area contributed by atoms with Crippen molar-refractivity contribution in [2.75, 3.05) is 82.2 Å². The Balaban J connectivity index is -0.00000153. The molecule has 0 bridgehead atoms. The largest absolute Gasteiger partial charge is 1.00 e. The Morgan fingerprint density at radius 3 is 1.02 bits per heavy atom. The van der Waals surface area contributed by atoms with Gasteiger partial charge in [0.25, 0.3) is 0 Å². The molecule has 0 radical (unpaired) electrons. The molecule has 1 atom stereocenters. The van der Waals surface area contributed by atoms with Crippen LogP contribution in [0.5, 0.6) is 46.0 Å². The number of aryl methyl sites for hydroxylation is 6. The zero-order valence-corrected chi connectivity index (χ0v) is 98.6. The number of aliphatic hydroxyl groups is 1. The number of aldehydes is 2. The minimum Gasteiger partial charge on any atom is -0.496 e. The van der Waals surface area contributed by atoms with E-state index in [1.807, 2.05) is 123 Å². The van der Waals surface area contributed by atoms with Crippen LogP contribution in [0.15, 0.2) is 117 Å². The van der Waals surface area contributed by atoms with Gasteiger partial charge in [0, 0.05) is 65.7 Å². The molecule has 139 heavy (non-hydrogen) atoms. The molecule has 770 valence electrons. The molecule has 0 aliphatic carbocycles. The second kappa shape index (κ2) is 72.3. The first-order valence-corrected chi connectivity index (χ1v) is 52.2. The van der Waals surface area contributed by atoms with Crippen molar-refractivity contribution < 1.29 is 71.5 Å². The van der Waals surface area contributed by atoms with Gasteiger partial charge in [-0.1, -0.05) is 240 Å². The Morgan fingerprint density at radius 1 is 0.396 bits per heavy atom. The van der Waals surface area contributed by atoms with Crippen LogP contribution in [-0.2, 0) is 6.42 Å². The monoisotopic (exact) mass is 2160 g/mol. The van der Waals surface area contributed by atoms with Crippen molar-refractivity contribution in [3.8, 4) is 46.0 Å². The van der Waals surface area contributed by atoms with Gasteiger partial charge in [0.1, 0.15) is 73.8 Å². The maximum absolute atomic E-state index is 10.9. The maximum Gasteiger partial charge on any atom is 1.00 e. The van der Waals surface area contributed by atoms with Gasteiger partial charge in [-0.2, -0.15) is 13.8 Å². The van der Waals surface area contributed by atoms with Crippen molar-refractivity contribution in [1.82, 2.24) is 29.9 Å². The number of aromatic nitrogens is 6. The molecule has 0 saturated carbocycles. The third kappa shape index (κ3) is 46.8. The van der Waals surface area contributed by atoms with Crippen LogP contribution < -0.4 is 68.2 Å². The number of thioether (sulfide) groups is 3. The molecule has 0 spiro atoms. The van der Waals surface area contributed by atoms with Crippen LogP contribution in [0.2, 0.25) is 15.5 Å². The normalized spacial score (nSPS) is 11.0. The number of methoxy groups -OCH3 is 8. The van der Waals surface area contributed by atoms with Gasteiger partial charge in [-0.05, 0) is 269 Å². The van der Waals surface area contributed by atoms with E-state index in [0.29, 0.717) is 126 Å². The minimum absolute atomic E-state index is 0. The number of benzene rings is 6. The minimum atomic E-state index is -0.898. The number of nitrogens with zero attached hydrogens (tertiary/aromatic N) is 8. The molecule has 0 amide bonds. The number of aliphatic hydroxyl groups excluding tert-OH is 1. The fourth-order valence-corrected chi connectivity index (χ4v) is 16.1. The molecule has 0 aliphatic rings. The van der Waals surface area contributed by atoms with Crippen LogP contribution in [0.4, 0.5) is 0 Å². The molecule has 6 aromatic carbocycles. The van der Waals surface area contributed by atoms with Crippen molar-refractivity contribution in [3.05, 3.63) is 217 Å². The first-order chi connectivity index (χ1) is 64.4. The molecule has 0 aliphatic heterocycles. The van der Waals surface area contributed by atoms with Crippen LogP contribution in [-0.4, -0.2) is 160 Å². The second-order valence-electron chi connectivity index (χ2n) is 35.8. The van der Waals surface area contributed by atoms with Crippen molar-refractivity contribution in [1.29, 1.82) is 0 Å². The Hall–Kier alpha value is -6.94. The molecule has 30 heteroatoms. The van der Waals surface area contributed by atoms with E-state index in [1.54, 1.807) is 80.4 Å². The predicted molar refractivity (Wildman–Crippen MR) is 600 cm³/mol. The number of rotatable bonds is 31. The van der Waals surface area contributed by atoms with E-state index >= 15 is 0 Å². The van der Waals surface area contributed by atoms with Crippen molar-refractivity contribution in [2.24, 2.45) is 57.0 Å². The van der Waals surface area contributed by atoms with Crippen molar-refractivity contribution >= 4 is 130 Å². The van der Waals surface area contributed by atoms with E-state index in [-0.39, 0.29) is 42.3 Å². The van der Waals surface area contributed by atoms with E-state index in [1.165, 1.54) is 70.2 Å². The standard InChI is InChI=1S/C19H31NO.C17H21ClN2O2S.C17H21ClN2OS.C17H27NO2.C12H16O2.C10H12O3.C7H17N.C5H4ClIN2S.C3H7.C2H7N.ClH.Li/c1-12(2)17-9-15(7)18(21-8)10-16(17)11-20-19(13(3)4)14(5)6;1-9(2)11-6-10(3)14(22-4)7-12(11)15(21)13-8-19-17(23-5)20-16(13)18;1-10(2)14-6-11(3)15(21-4)8-12(14)7-13-9-19-17(22-5)20-16(13)18;1-11(2)17(12(3)4)18-10-14-9-15(19-6)13(5)8-16(14)20-7;1-8(2)11-5-9(3)12(14-4)6-10(11)7-13;1-7-4-10(13-3)8(6-11)5-9(7)12-2;1-5(2)7(8)6(3)4;1-10-5-8-2-3(7)4(6)9-5;1-3-2;1-2-3;;/h9-14,19H,1-8H3;6-9,15,21H,1-5H3;6,8-10H,7H2,1-5H3;8-12,17H,1-7H3;5-8H,1-4H3;4-6H,1-3H3;5-7H,8H2,1-4H3;2H,1H3;3H,1-2H3;2-3H2,1H3;1H;/q;;;;;;;;-1;;;+1. The second-order valence-corrected chi connectivity index (χ2v) is 40.3. The summed E-state index contributed by atoms with van der Waals surface area (Å²) >= 11 is 24.7. The summed E-state index contributed by atoms with van der Waals surface area (Å²) in [6.07, 6.45) is 18.2. The summed E-state index contributed by atoms with van der Waals surface area (Å²) in [5.74, 6) is 11.2. The number of nitrogens with two attached hydrogens (primary N) is 2. The number of hydrogen-bond donors (Lipinski definition) is 3. The van der Waals surface area contributed by atoms with Gasteiger partial charge < -0.3 is 60.9 Å². The zero-order valence-electron chi connectivity index (χ0n) is 91.0. The molecule has 0 fully saturated rings. The smallest absolute Gasteiger partial charge is 0.496 e.